The number of aliphatic hydroxyl groups is 1. The summed E-state index contributed by atoms with van der Waals surface area (Å²) in [6, 6.07) is 5.05. The maximum Gasteiger partial charge on any atom is 0.333 e. The van der Waals surface area contributed by atoms with Gasteiger partial charge in [-0.1, -0.05) is 6.07 Å². The molecule has 0 aromatic heterocycles. The lowest BCUT2D eigenvalue weighted by molar-refractivity contribution is -0.195. The molecule has 3 unspecified atom stereocenters. The second kappa shape index (κ2) is 11.5. The van der Waals surface area contributed by atoms with Crippen LogP contribution in [0.4, 0.5) is 0 Å². The average Bonchev–Trinajstić information content (AvgIpc) is 2.69. The lowest BCUT2D eigenvalue weighted by atomic mass is 10.1. The van der Waals surface area contributed by atoms with Crippen molar-refractivity contribution in [3.05, 3.63) is 29.3 Å². The number of carboxylic acids is 1. The molecule has 4 N–H and O–H groups in total. The monoisotopic (exact) mass is 424 g/mol. The first-order valence-corrected chi connectivity index (χ1v) is 9.68. The molecule has 1 aliphatic heterocycles. The van der Waals surface area contributed by atoms with Crippen LogP contribution in [-0.2, 0) is 37.0 Å². The molecule has 10 nitrogen and oxygen atoms in total. The number of hydrogen-bond acceptors (Lipinski definition) is 8. The van der Waals surface area contributed by atoms with Crippen molar-refractivity contribution in [1.82, 2.24) is 10.6 Å². The Morgan fingerprint density at radius 3 is 2.70 bits per heavy atom. The summed E-state index contributed by atoms with van der Waals surface area (Å²) in [5.41, 5.74) is 1.30. The number of nitrogens with one attached hydrogen (secondary N) is 2. The van der Waals surface area contributed by atoms with Gasteiger partial charge in [0, 0.05) is 44.8 Å². The van der Waals surface area contributed by atoms with Gasteiger partial charge in [0.1, 0.15) is 12.4 Å². The molecule has 30 heavy (non-hydrogen) atoms. The Morgan fingerprint density at radius 2 is 2.03 bits per heavy atom. The van der Waals surface area contributed by atoms with Crippen LogP contribution >= 0.6 is 0 Å². The number of rotatable bonds is 10. The fourth-order valence-electron chi connectivity index (χ4n) is 2.92. The van der Waals surface area contributed by atoms with Crippen molar-refractivity contribution < 1.29 is 38.8 Å². The van der Waals surface area contributed by atoms with E-state index in [1.807, 2.05) is 0 Å². The van der Waals surface area contributed by atoms with E-state index in [4.69, 9.17) is 19.3 Å². The molecule has 0 aliphatic carbocycles. The molecule has 0 bridgehead atoms. The maximum atomic E-state index is 12.0. The summed E-state index contributed by atoms with van der Waals surface area (Å²) in [6.07, 6.45) is -2.56. The lowest BCUT2D eigenvalue weighted by Crippen LogP contribution is -2.42. The molecule has 166 valence electrons. The van der Waals surface area contributed by atoms with Crippen molar-refractivity contribution in [1.29, 1.82) is 0 Å². The molecule has 1 heterocycles. The van der Waals surface area contributed by atoms with Crippen LogP contribution in [0.1, 0.15) is 37.3 Å². The Labute approximate surface area is 174 Å². The van der Waals surface area contributed by atoms with Crippen molar-refractivity contribution in [2.45, 2.75) is 57.8 Å². The topological polar surface area (TPSA) is 143 Å². The number of ether oxygens (including phenoxy) is 3. The molecule has 0 spiro atoms. The van der Waals surface area contributed by atoms with Gasteiger partial charge in [-0.3, -0.25) is 9.59 Å². The van der Waals surface area contributed by atoms with Crippen LogP contribution in [0.2, 0.25) is 0 Å². The van der Waals surface area contributed by atoms with E-state index in [-0.39, 0.29) is 31.9 Å². The van der Waals surface area contributed by atoms with E-state index < -0.39 is 30.4 Å². The largest absolute Gasteiger partial charge is 0.479 e. The molecule has 1 amide bonds. The zero-order valence-electron chi connectivity index (χ0n) is 17.1. The van der Waals surface area contributed by atoms with Gasteiger partial charge < -0.3 is 35.1 Å². The summed E-state index contributed by atoms with van der Waals surface area (Å²) in [5, 5.41) is 24.8. The van der Waals surface area contributed by atoms with Gasteiger partial charge in [0.15, 0.2) is 6.10 Å². The first kappa shape index (κ1) is 23.6. The molecule has 1 aromatic carbocycles. The molecule has 0 radical (unpaired) electrons. The number of aliphatic hydroxyl groups excluding tert-OH is 1. The van der Waals surface area contributed by atoms with Crippen molar-refractivity contribution in [3.8, 4) is 5.75 Å². The number of carboxylic acid groups (broad SMARTS) is 1. The van der Waals surface area contributed by atoms with E-state index in [2.05, 4.69) is 10.6 Å². The van der Waals surface area contributed by atoms with Gasteiger partial charge in [0.25, 0.3) is 0 Å². The zero-order valence-corrected chi connectivity index (χ0v) is 17.1. The van der Waals surface area contributed by atoms with Gasteiger partial charge in [0.05, 0.1) is 6.10 Å². The molecule has 10 heteroatoms. The zero-order chi connectivity index (χ0) is 22.1. The third-order valence-electron chi connectivity index (χ3n) is 4.45. The fourth-order valence-corrected chi connectivity index (χ4v) is 2.92. The second-order valence-corrected chi connectivity index (χ2v) is 6.99. The summed E-state index contributed by atoms with van der Waals surface area (Å²) < 4.78 is 16.2. The number of carbonyl (C=O) groups is 3. The van der Waals surface area contributed by atoms with Gasteiger partial charge in [-0.15, -0.1) is 0 Å². The summed E-state index contributed by atoms with van der Waals surface area (Å²) in [6.45, 7) is 2.07. The summed E-state index contributed by atoms with van der Waals surface area (Å²) >= 11 is 0. The van der Waals surface area contributed by atoms with E-state index >= 15 is 0 Å². The molecule has 1 fully saturated rings. The van der Waals surface area contributed by atoms with Crippen LogP contribution < -0.4 is 15.4 Å². The van der Waals surface area contributed by atoms with Crippen molar-refractivity contribution in [2.75, 3.05) is 13.6 Å². The second-order valence-electron chi connectivity index (χ2n) is 6.99. The first-order chi connectivity index (χ1) is 14.3. The molecule has 3 atom stereocenters. The first-order valence-electron chi connectivity index (χ1n) is 9.68. The predicted octanol–water partition coefficient (Wildman–Crippen LogP) is 0.305. The number of hydrogen-bond donors (Lipinski definition) is 4. The number of amides is 1. The van der Waals surface area contributed by atoms with Crippen LogP contribution in [0.5, 0.6) is 5.75 Å². The van der Waals surface area contributed by atoms with E-state index in [0.717, 1.165) is 0 Å². The molecule has 1 saturated heterocycles. The molecular weight excluding hydrogens is 396 g/mol. The van der Waals surface area contributed by atoms with Crippen molar-refractivity contribution >= 4 is 17.8 Å². The van der Waals surface area contributed by atoms with Crippen LogP contribution in [0.3, 0.4) is 0 Å². The van der Waals surface area contributed by atoms with Crippen LogP contribution in [0.25, 0.3) is 0 Å². The normalized spacial score (nSPS) is 21.0. The molecule has 0 saturated carbocycles. The third-order valence-corrected chi connectivity index (χ3v) is 4.45. The summed E-state index contributed by atoms with van der Waals surface area (Å²) in [5.74, 6) is -1.37. The van der Waals surface area contributed by atoms with Gasteiger partial charge in [-0.05, 0) is 24.7 Å². The van der Waals surface area contributed by atoms with Gasteiger partial charge in [0.2, 0.25) is 12.2 Å². The Hall–Kier alpha value is -2.69. The van der Waals surface area contributed by atoms with Crippen LogP contribution in [-0.4, -0.2) is 60.1 Å². The van der Waals surface area contributed by atoms with Crippen LogP contribution in [0, 0.1) is 0 Å². The smallest absolute Gasteiger partial charge is 0.333 e. The standard InChI is InChI=1S/C20H28N2O8/c1-12(23)28-11-13-3-4-16(14(7-13)10-22-18(25)5-6-21-2)29-19-9-15(24)8-17(30-19)20(26)27/h3-4,7,15,17,19,21,24H,5-6,8-11H2,1-2H3,(H,22,25)(H,26,27). The SMILES string of the molecule is CNCCC(=O)NCc1cc(COC(C)=O)ccc1OC1CC(O)CC(C(=O)O)O1. The quantitative estimate of drug-likeness (QED) is 0.390. The lowest BCUT2D eigenvalue weighted by Gasteiger charge is -2.31. The predicted molar refractivity (Wildman–Crippen MR) is 104 cm³/mol. The van der Waals surface area contributed by atoms with Crippen molar-refractivity contribution in [3.63, 3.8) is 0 Å². The van der Waals surface area contributed by atoms with Crippen molar-refractivity contribution in [2.24, 2.45) is 0 Å². The van der Waals surface area contributed by atoms with E-state index in [1.54, 1.807) is 25.2 Å². The number of benzene rings is 1. The third kappa shape index (κ3) is 7.62. The van der Waals surface area contributed by atoms with Gasteiger partial charge in [-0.25, -0.2) is 4.79 Å². The summed E-state index contributed by atoms with van der Waals surface area (Å²) in [4.78, 5) is 34.2. The molecule has 1 aliphatic rings. The minimum Gasteiger partial charge on any atom is -0.479 e. The van der Waals surface area contributed by atoms with Crippen LogP contribution in [0.15, 0.2) is 18.2 Å². The number of esters is 1. The Balaban J connectivity index is 2.13. The van der Waals surface area contributed by atoms with E-state index in [0.29, 0.717) is 29.8 Å². The molecular formula is C20H28N2O8. The van der Waals surface area contributed by atoms with E-state index in [9.17, 15) is 19.5 Å². The van der Waals surface area contributed by atoms with Gasteiger partial charge >= 0.3 is 11.9 Å². The maximum absolute atomic E-state index is 12.0. The highest BCUT2D eigenvalue weighted by Gasteiger charge is 2.34. The highest BCUT2D eigenvalue weighted by molar-refractivity contribution is 5.76. The molecule has 2 rings (SSSR count). The van der Waals surface area contributed by atoms with E-state index in [1.165, 1.54) is 6.92 Å². The Bertz CT molecular complexity index is 754. The fraction of sp³-hybridized carbons (Fsp3) is 0.550. The minimum atomic E-state index is -1.17. The minimum absolute atomic E-state index is 0.00903. The number of carbonyl (C=O) groups excluding carboxylic acids is 2. The average molecular weight is 424 g/mol. The van der Waals surface area contributed by atoms with Gasteiger partial charge in [-0.2, -0.15) is 0 Å². The highest BCUT2D eigenvalue weighted by Crippen LogP contribution is 2.27. The highest BCUT2D eigenvalue weighted by atomic mass is 16.7. The molecule has 1 aromatic rings. The Morgan fingerprint density at radius 1 is 1.27 bits per heavy atom. The summed E-state index contributed by atoms with van der Waals surface area (Å²) in [7, 11) is 1.75. The number of aliphatic carboxylic acids is 1. The Kier molecular flexibility index (Phi) is 9.03.